The van der Waals surface area contributed by atoms with Crippen LogP contribution in [0.5, 0.6) is 0 Å². The van der Waals surface area contributed by atoms with Crippen LogP contribution in [0.15, 0.2) is 0 Å². The van der Waals surface area contributed by atoms with E-state index in [9.17, 15) is 9.59 Å². The molecule has 0 aliphatic rings. The number of rotatable bonds is 18. The van der Waals surface area contributed by atoms with Crippen molar-refractivity contribution in [1.82, 2.24) is 5.32 Å². The van der Waals surface area contributed by atoms with Crippen LogP contribution in [0.25, 0.3) is 0 Å². The monoisotopic (exact) mass is 538 g/mol. The molecule has 0 radical (unpaired) electrons. The molecule has 0 bridgehead atoms. The first-order chi connectivity index (χ1) is 14.4. The van der Waals surface area contributed by atoms with Crippen molar-refractivity contribution in [3.63, 3.8) is 0 Å². The summed E-state index contributed by atoms with van der Waals surface area (Å²) in [5.41, 5.74) is 4.81. The molecule has 184 valence electrons. The second kappa shape index (κ2) is 30.5. The van der Waals surface area contributed by atoms with Crippen LogP contribution in [0.2, 0.25) is 0 Å². The molecule has 0 unspecified atom stereocenters. The first-order valence-electron chi connectivity index (χ1n) is 12.7. The van der Waals surface area contributed by atoms with E-state index in [-0.39, 0.29) is 67.9 Å². The average molecular weight is 540 g/mol. The fourth-order valence-electron chi connectivity index (χ4n) is 3.42. The van der Waals surface area contributed by atoms with Gasteiger partial charge in [-0.25, -0.2) is 4.79 Å². The van der Waals surface area contributed by atoms with Crippen LogP contribution in [0.1, 0.15) is 146 Å². The minimum atomic E-state index is -0.814. The van der Waals surface area contributed by atoms with Crippen LogP contribution in [-0.2, 0) is 4.79 Å². The predicted molar refractivity (Wildman–Crippen MR) is 137 cm³/mol. The maximum absolute atomic E-state index is 11.3. The van der Waals surface area contributed by atoms with E-state index in [4.69, 9.17) is 5.73 Å². The van der Waals surface area contributed by atoms with E-state index in [2.05, 4.69) is 29.8 Å². The molecule has 0 rings (SSSR count). The molecule has 0 aliphatic heterocycles. The standard InChI is InChI=1S/C18H38.C7H13BrN2O2.2Na.2H/c1-3-5-7-9-11-13-15-17-18-16-14-12-10-8-6-4-2;1-3-7(8,4-2)5(11)10-6(9)12;;;;/h3-18H2,1-2H3;3-4H2,1-2H3,(H3,9,10,11,12);;;;/q;;2*+1;2*-1. The maximum Gasteiger partial charge on any atom is 1.00 e. The number of carbonyl (C=O) groups is 2. The number of urea groups is 1. The summed E-state index contributed by atoms with van der Waals surface area (Å²) < 4.78 is -0.665. The molecule has 0 fully saturated rings. The predicted octanol–water partition coefficient (Wildman–Crippen LogP) is 2.64. The quantitative estimate of drug-likeness (QED) is 0.160. The van der Waals surface area contributed by atoms with Gasteiger partial charge < -0.3 is 8.59 Å². The van der Waals surface area contributed by atoms with E-state index in [1.807, 2.05) is 19.2 Å². The molecule has 3 N–H and O–H groups in total. The zero-order valence-electron chi connectivity index (χ0n) is 24.5. The molecule has 0 heterocycles. The van der Waals surface area contributed by atoms with Gasteiger partial charge in [-0.1, -0.05) is 146 Å². The van der Waals surface area contributed by atoms with Crippen LogP contribution >= 0.6 is 15.9 Å². The van der Waals surface area contributed by atoms with Crippen LogP contribution < -0.4 is 70.2 Å². The second-order valence-corrected chi connectivity index (χ2v) is 9.96. The third-order valence-corrected chi connectivity index (χ3v) is 7.20. The average Bonchev–Trinajstić information content (AvgIpc) is 2.73. The number of carbonyl (C=O) groups excluding carboxylic acids is 2. The summed E-state index contributed by atoms with van der Waals surface area (Å²) in [5, 5.41) is 2.04. The molecular weight excluding hydrogens is 486 g/mol. The van der Waals surface area contributed by atoms with E-state index < -0.39 is 10.4 Å². The molecule has 0 aromatic carbocycles. The number of unbranched alkanes of at least 4 members (excludes halogenated alkanes) is 15. The molecule has 7 heteroatoms. The van der Waals surface area contributed by atoms with E-state index in [1.165, 1.54) is 103 Å². The summed E-state index contributed by atoms with van der Waals surface area (Å²) in [5.74, 6) is -0.375. The van der Waals surface area contributed by atoms with Crippen LogP contribution in [0.4, 0.5) is 4.79 Å². The zero-order valence-corrected chi connectivity index (χ0v) is 28.1. The number of nitrogens with two attached hydrogens (primary N) is 1. The molecule has 0 aromatic heterocycles. The topological polar surface area (TPSA) is 72.2 Å². The largest absolute Gasteiger partial charge is 1.00 e. The summed E-state index contributed by atoms with van der Waals surface area (Å²) in [7, 11) is 0. The molecule has 4 nitrogen and oxygen atoms in total. The Morgan fingerprint density at radius 2 is 0.906 bits per heavy atom. The van der Waals surface area contributed by atoms with Crippen molar-refractivity contribution in [2.45, 2.75) is 148 Å². The molecule has 0 spiro atoms. The Kier molecular flexibility index (Phi) is 38.6. The Balaban J connectivity index is -0.000000109. The van der Waals surface area contributed by atoms with E-state index in [0.717, 1.165) is 0 Å². The summed E-state index contributed by atoms with van der Waals surface area (Å²) in [6.45, 7) is 8.31. The third kappa shape index (κ3) is 27.7. The number of halogens is 1. The zero-order chi connectivity index (χ0) is 23.1. The normalized spacial score (nSPS) is 10.3. The van der Waals surface area contributed by atoms with Gasteiger partial charge in [0.2, 0.25) is 5.91 Å². The number of alkyl halides is 1. The van der Waals surface area contributed by atoms with Gasteiger partial charge in [-0.05, 0) is 12.8 Å². The van der Waals surface area contributed by atoms with Crippen molar-refractivity contribution in [2.24, 2.45) is 5.73 Å². The van der Waals surface area contributed by atoms with Crippen molar-refractivity contribution in [3.8, 4) is 0 Å². The van der Waals surface area contributed by atoms with Crippen molar-refractivity contribution >= 4 is 27.9 Å². The number of hydrogen-bond acceptors (Lipinski definition) is 2. The molecule has 0 aliphatic carbocycles. The smallest absolute Gasteiger partial charge is 1.00 e. The van der Waals surface area contributed by atoms with E-state index in [1.54, 1.807) is 0 Å². The van der Waals surface area contributed by atoms with Gasteiger partial charge in [-0.3, -0.25) is 10.1 Å². The van der Waals surface area contributed by atoms with Crippen molar-refractivity contribution in [3.05, 3.63) is 0 Å². The number of imide groups is 1. The molecule has 0 atom stereocenters. The molecule has 32 heavy (non-hydrogen) atoms. The minimum absolute atomic E-state index is 0. The number of primary amides is 1. The van der Waals surface area contributed by atoms with Crippen LogP contribution in [0, 0.1) is 0 Å². The molecule has 0 saturated heterocycles. The second-order valence-electron chi connectivity index (χ2n) is 8.44. The summed E-state index contributed by atoms with van der Waals surface area (Å²) in [6, 6.07) is -0.814. The van der Waals surface area contributed by atoms with Gasteiger partial charge in [-0.2, -0.15) is 0 Å². The van der Waals surface area contributed by atoms with Crippen LogP contribution in [-0.4, -0.2) is 16.3 Å². The molecular formula is C25H53BrN2Na2O2. The summed E-state index contributed by atoms with van der Waals surface area (Å²) >= 11 is 3.26. The molecule has 0 saturated carbocycles. The SMILES string of the molecule is CCC(Br)(CC)C(=O)NC(N)=O.CCCCCCCCCCCCCCCCCC.[H-].[H-].[Na+].[Na+]. The fraction of sp³-hybridized carbons (Fsp3) is 0.920. The van der Waals surface area contributed by atoms with Crippen molar-refractivity contribution in [1.29, 1.82) is 0 Å². The van der Waals surface area contributed by atoms with Gasteiger partial charge in [0.25, 0.3) is 0 Å². The Morgan fingerprint density at radius 3 is 1.09 bits per heavy atom. The number of hydrogen-bond donors (Lipinski definition) is 2. The van der Waals surface area contributed by atoms with E-state index >= 15 is 0 Å². The van der Waals surface area contributed by atoms with Gasteiger partial charge in [0.05, 0.1) is 0 Å². The number of nitrogens with one attached hydrogen (secondary N) is 1. The Hall–Kier alpha value is 1.42. The fourth-order valence-corrected chi connectivity index (χ4v) is 3.52. The van der Waals surface area contributed by atoms with Gasteiger partial charge >= 0.3 is 65.1 Å². The Morgan fingerprint density at radius 1 is 0.656 bits per heavy atom. The first kappa shape index (κ1) is 40.6. The van der Waals surface area contributed by atoms with Gasteiger partial charge in [0.15, 0.2) is 0 Å². The Labute approximate surface area is 255 Å². The van der Waals surface area contributed by atoms with Gasteiger partial charge in [0, 0.05) is 0 Å². The minimum Gasteiger partial charge on any atom is -1.00 e. The van der Waals surface area contributed by atoms with Crippen LogP contribution in [0.3, 0.4) is 0 Å². The molecule has 0 aromatic rings. The van der Waals surface area contributed by atoms with Gasteiger partial charge in [0.1, 0.15) is 4.32 Å². The van der Waals surface area contributed by atoms with E-state index in [0.29, 0.717) is 12.8 Å². The summed E-state index contributed by atoms with van der Waals surface area (Å²) in [4.78, 5) is 21.6. The summed E-state index contributed by atoms with van der Waals surface area (Å²) in [6.07, 6.45) is 24.6. The third-order valence-electron chi connectivity index (χ3n) is 5.72. The Bertz CT molecular complexity index is 404. The molecule has 3 amide bonds. The maximum atomic E-state index is 11.3. The van der Waals surface area contributed by atoms with Gasteiger partial charge in [-0.15, -0.1) is 0 Å². The van der Waals surface area contributed by atoms with Crippen molar-refractivity contribution < 1.29 is 71.6 Å². The number of amides is 3. The first-order valence-corrected chi connectivity index (χ1v) is 13.5. The van der Waals surface area contributed by atoms with Crippen molar-refractivity contribution in [2.75, 3.05) is 0 Å².